The third kappa shape index (κ3) is 4.22. The summed E-state index contributed by atoms with van der Waals surface area (Å²) in [6.07, 6.45) is 4.27. The molecule has 138 valence electrons. The third-order valence-electron chi connectivity index (χ3n) is 5.30. The Kier molecular flexibility index (Phi) is 5.15. The van der Waals surface area contributed by atoms with Crippen LogP contribution in [0.5, 0.6) is 0 Å². The molecule has 1 aromatic rings. The number of rotatable bonds is 4. The van der Waals surface area contributed by atoms with E-state index in [1.54, 1.807) is 11.8 Å². The van der Waals surface area contributed by atoms with Gasteiger partial charge in [-0.1, -0.05) is 0 Å². The molecule has 0 radical (unpaired) electrons. The largest absolute Gasteiger partial charge is 0.387 e. The minimum Gasteiger partial charge on any atom is -0.387 e. The number of aromatic nitrogens is 1. The number of β-amino-alcohol motifs (C(OH)–C–C–N with tert-alkyl or cyclic N) is 1. The summed E-state index contributed by atoms with van der Waals surface area (Å²) in [7, 11) is 1.86. The van der Waals surface area contributed by atoms with Gasteiger partial charge in [-0.3, -0.25) is 9.59 Å². The lowest BCUT2D eigenvalue weighted by Crippen LogP contribution is -2.50. The molecule has 2 fully saturated rings. The van der Waals surface area contributed by atoms with Crippen molar-refractivity contribution in [3.63, 3.8) is 0 Å². The van der Waals surface area contributed by atoms with Crippen LogP contribution in [0.25, 0.3) is 0 Å². The lowest BCUT2D eigenvalue weighted by Gasteiger charge is -2.36. The summed E-state index contributed by atoms with van der Waals surface area (Å²) >= 11 is 0. The Labute approximate surface area is 148 Å². The number of hydrogen-bond acceptors (Lipinski definition) is 4. The highest BCUT2D eigenvalue weighted by Crippen LogP contribution is 2.25. The van der Waals surface area contributed by atoms with E-state index in [9.17, 15) is 14.7 Å². The van der Waals surface area contributed by atoms with E-state index >= 15 is 0 Å². The van der Waals surface area contributed by atoms with Gasteiger partial charge in [0, 0.05) is 52.4 Å². The number of hydrogen-bond donors (Lipinski definition) is 2. The van der Waals surface area contributed by atoms with E-state index in [0.29, 0.717) is 31.7 Å². The molecule has 2 amide bonds. The standard InChI is InChI=1S/C18H28N4O3/c1-14(23)19-15-5-9-21(10-6-15)12-18(25)7-11-22(13-18)17(24)16-4-3-8-20(16)2/h3-4,8,15,25H,5-7,9-13H2,1-2H3,(H,19,23)/t18-/m1/s1. The minimum absolute atomic E-state index is 0.0164. The Balaban J connectivity index is 1.52. The second-order valence-electron chi connectivity index (χ2n) is 7.46. The molecule has 0 aromatic carbocycles. The second-order valence-corrected chi connectivity index (χ2v) is 7.46. The molecule has 0 saturated carbocycles. The number of nitrogens with zero attached hydrogens (tertiary/aromatic N) is 3. The van der Waals surface area contributed by atoms with E-state index in [4.69, 9.17) is 0 Å². The van der Waals surface area contributed by atoms with Crippen molar-refractivity contribution in [3.05, 3.63) is 24.0 Å². The van der Waals surface area contributed by atoms with Gasteiger partial charge in [0.2, 0.25) is 5.91 Å². The molecule has 2 N–H and O–H groups in total. The molecular weight excluding hydrogens is 320 g/mol. The lowest BCUT2D eigenvalue weighted by atomic mass is 9.99. The number of carbonyl (C=O) groups is 2. The molecule has 0 aliphatic carbocycles. The predicted octanol–water partition coefficient (Wildman–Crippen LogP) is 0.203. The highest BCUT2D eigenvalue weighted by molar-refractivity contribution is 5.93. The van der Waals surface area contributed by atoms with Gasteiger partial charge in [0.25, 0.3) is 5.91 Å². The fourth-order valence-corrected chi connectivity index (χ4v) is 3.94. The van der Waals surface area contributed by atoms with Gasteiger partial charge >= 0.3 is 0 Å². The van der Waals surface area contributed by atoms with Crippen molar-refractivity contribution < 1.29 is 14.7 Å². The van der Waals surface area contributed by atoms with Crippen LogP contribution in [-0.4, -0.2) is 75.7 Å². The zero-order valence-corrected chi connectivity index (χ0v) is 15.1. The highest BCUT2D eigenvalue weighted by atomic mass is 16.3. The van der Waals surface area contributed by atoms with E-state index in [0.717, 1.165) is 25.9 Å². The van der Waals surface area contributed by atoms with Crippen LogP contribution in [0.4, 0.5) is 0 Å². The number of aryl methyl sites for hydroxylation is 1. The van der Waals surface area contributed by atoms with Crippen molar-refractivity contribution >= 4 is 11.8 Å². The zero-order valence-electron chi connectivity index (χ0n) is 15.1. The number of piperidine rings is 1. The van der Waals surface area contributed by atoms with Crippen molar-refractivity contribution in [1.82, 2.24) is 19.7 Å². The smallest absolute Gasteiger partial charge is 0.270 e. The SMILES string of the molecule is CC(=O)NC1CCN(C[C@]2(O)CCN(C(=O)c3cccn3C)C2)CC1. The molecular formula is C18H28N4O3. The second kappa shape index (κ2) is 7.17. The number of nitrogens with one attached hydrogen (secondary N) is 1. The first-order valence-electron chi connectivity index (χ1n) is 8.99. The molecule has 7 heteroatoms. The van der Waals surface area contributed by atoms with E-state index in [2.05, 4.69) is 10.2 Å². The quantitative estimate of drug-likeness (QED) is 0.815. The molecule has 2 saturated heterocycles. The average molecular weight is 348 g/mol. The van der Waals surface area contributed by atoms with Gasteiger partial charge in [0.15, 0.2) is 0 Å². The zero-order chi connectivity index (χ0) is 18.0. The molecule has 25 heavy (non-hydrogen) atoms. The Morgan fingerprint density at radius 3 is 2.64 bits per heavy atom. The van der Waals surface area contributed by atoms with Gasteiger partial charge in [0.05, 0.1) is 12.1 Å². The molecule has 7 nitrogen and oxygen atoms in total. The Morgan fingerprint density at radius 2 is 2.04 bits per heavy atom. The summed E-state index contributed by atoms with van der Waals surface area (Å²) in [5.41, 5.74) is -0.192. The maximum absolute atomic E-state index is 12.6. The fraction of sp³-hybridized carbons (Fsp3) is 0.667. The van der Waals surface area contributed by atoms with Crippen LogP contribution in [-0.2, 0) is 11.8 Å². The maximum Gasteiger partial charge on any atom is 0.270 e. The summed E-state index contributed by atoms with van der Waals surface area (Å²) in [4.78, 5) is 27.7. The molecule has 0 unspecified atom stereocenters. The number of carbonyl (C=O) groups excluding carboxylic acids is 2. The van der Waals surface area contributed by atoms with E-state index in [-0.39, 0.29) is 17.9 Å². The van der Waals surface area contributed by atoms with Crippen LogP contribution in [0.1, 0.15) is 36.7 Å². The van der Waals surface area contributed by atoms with Gasteiger partial charge in [-0.15, -0.1) is 0 Å². The molecule has 3 heterocycles. The number of likely N-dealkylation sites (tertiary alicyclic amines) is 2. The first-order valence-corrected chi connectivity index (χ1v) is 8.99. The van der Waals surface area contributed by atoms with Crippen LogP contribution >= 0.6 is 0 Å². The van der Waals surface area contributed by atoms with E-state index < -0.39 is 5.60 Å². The van der Waals surface area contributed by atoms with Gasteiger partial charge in [-0.05, 0) is 31.4 Å². The maximum atomic E-state index is 12.6. The average Bonchev–Trinajstić information content (AvgIpc) is 3.14. The summed E-state index contributed by atoms with van der Waals surface area (Å²) in [5.74, 6) is -0.00417. The lowest BCUT2D eigenvalue weighted by molar-refractivity contribution is -0.120. The first kappa shape index (κ1) is 17.9. The first-order chi connectivity index (χ1) is 11.9. The van der Waals surface area contributed by atoms with Gasteiger partial charge < -0.3 is 24.8 Å². The van der Waals surface area contributed by atoms with Crippen molar-refractivity contribution in [2.45, 2.75) is 37.8 Å². The predicted molar refractivity (Wildman–Crippen MR) is 94.2 cm³/mol. The highest BCUT2D eigenvalue weighted by Gasteiger charge is 2.40. The molecule has 1 aromatic heterocycles. The summed E-state index contributed by atoms with van der Waals surface area (Å²) in [6.45, 7) is 4.81. The summed E-state index contributed by atoms with van der Waals surface area (Å²) < 4.78 is 1.81. The van der Waals surface area contributed by atoms with Crippen molar-refractivity contribution in [3.8, 4) is 0 Å². The number of amides is 2. The van der Waals surface area contributed by atoms with Crippen molar-refractivity contribution in [2.24, 2.45) is 7.05 Å². The molecule has 3 rings (SSSR count). The van der Waals surface area contributed by atoms with Gasteiger partial charge in [-0.25, -0.2) is 0 Å². The van der Waals surface area contributed by atoms with Crippen LogP contribution < -0.4 is 5.32 Å². The molecule has 2 aliphatic rings. The third-order valence-corrected chi connectivity index (χ3v) is 5.30. The minimum atomic E-state index is -0.846. The Hall–Kier alpha value is -1.86. The van der Waals surface area contributed by atoms with Crippen molar-refractivity contribution in [2.75, 3.05) is 32.7 Å². The van der Waals surface area contributed by atoms with Crippen LogP contribution in [0.3, 0.4) is 0 Å². The molecule has 2 aliphatic heterocycles. The Bertz CT molecular complexity index is 636. The van der Waals surface area contributed by atoms with Crippen LogP contribution in [0, 0.1) is 0 Å². The fourth-order valence-electron chi connectivity index (χ4n) is 3.94. The molecule has 0 bridgehead atoms. The van der Waals surface area contributed by atoms with E-state index in [1.165, 1.54) is 0 Å². The normalized spacial score (nSPS) is 25.3. The summed E-state index contributed by atoms with van der Waals surface area (Å²) in [6, 6.07) is 3.91. The van der Waals surface area contributed by atoms with Gasteiger partial charge in [0.1, 0.15) is 5.69 Å². The Morgan fingerprint density at radius 1 is 1.32 bits per heavy atom. The van der Waals surface area contributed by atoms with E-state index in [1.807, 2.05) is 29.9 Å². The molecule has 1 atom stereocenters. The molecule has 0 spiro atoms. The van der Waals surface area contributed by atoms with Crippen LogP contribution in [0.2, 0.25) is 0 Å². The van der Waals surface area contributed by atoms with Gasteiger partial charge in [-0.2, -0.15) is 0 Å². The topological polar surface area (TPSA) is 77.8 Å². The van der Waals surface area contributed by atoms with Crippen LogP contribution in [0.15, 0.2) is 18.3 Å². The summed E-state index contributed by atoms with van der Waals surface area (Å²) in [5, 5.41) is 13.9. The number of aliphatic hydroxyl groups is 1. The monoisotopic (exact) mass is 348 g/mol. The van der Waals surface area contributed by atoms with Crippen molar-refractivity contribution in [1.29, 1.82) is 0 Å².